The van der Waals surface area contributed by atoms with E-state index >= 15 is 0 Å². The Morgan fingerprint density at radius 1 is 1.20 bits per heavy atom. The maximum absolute atomic E-state index is 6.01. The number of hydrogen-bond acceptors (Lipinski definition) is 3. The van der Waals surface area contributed by atoms with Crippen molar-refractivity contribution < 1.29 is 9.47 Å². The van der Waals surface area contributed by atoms with Gasteiger partial charge in [0.05, 0.1) is 19.8 Å². The van der Waals surface area contributed by atoms with Crippen molar-refractivity contribution in [1.82, 2.24) is 0 Å². The highest BCUT2D eigenvalue weighted by Gasteiger charge is 2.06. The fourth-order valence-corrected chi connectivity index (χ4v) is 2.38. The van der Waals surface area contributed by atoms with Crippen LogP contribution in [-0.2, 0) is 17.9 Å². The van der Waals surface area contributed by atoms with Crippen molar-refractivity contribution in [3.63, 3.8) is 0 Å². The lowest BCUT2D eigenvalue weighted by atomic mass is 10.2. The number of rotatable bonds is 7. The molecule has 0 radical (unpaired) electrons. The average Bonchev–Trinajstić information content (AvgIpc) is 2.56. The molecule has 0 saturated heterocycles. The van der Waals surface area contributed by atoms with Gasteiger partial charge in [-0.3, -0.25) is 0 Å². The molecule has 0 saturated carbocycles. The quantitative estimate of drug-likeness (QED) is 0.353. The smallest absolute Gasteiger partial charge is 0.193 e. The first kappa shape index (κ1) is 21.5. The second-order valence-corrected chi connectivity index (χ2v) is 5.54. The third-order valence-electron chi connectivity index (χ3n) is 3.33. The standard InChI is InChI=1S/C18H22ClN3O2.HI/c1-3-24-17-10-15(19)9-8-13(17)11-21-18(20)22-16-7-5-4-6-14(16)12-23-2;/h4-10H,3,11-12H2,1-2H3,(H3,20,21,22);1H. The van der Waals surface area contributed by atoms with Crippen LogP contribution in [0.1, 0.15) is 18.1 Å². The van der Waals surface area contributed by atoms with Crippen molar-refractivity contribution in [3.8, 4) is 5.75 Å². The first-order valence-electron chi connectivity index (χ1n) is 7.69. The molecule has 25 heavy (non-hydrogen) atoms. The normalized spacial score (nSPS) is 10.9. The predicted octanol–water partition coefficient (Wildman–Crippen LogP) is 4.43. The van der Waals surface area contributed by atoms with E-state index in [9.17, 15) is 0 Å². The summed E-state index contributed by atoms with van der Waals surface area (Å²) in [7, 11) is 1.66. The van der Waals surface area contributed by atoms with Gasteiger partial charge in [-0.2, -0.15) is 0 Å². The summed E-state index contributed by atoms with van der Waals surface area (Å²) in [6.45, 7) is 3.39. The lowest BCUT2D eigenvalue weighted by Crippen LogP contribution is -2.23. The van der Waals surface area contributed by atoms with Crippen molar-refractivity contribution in [3.05, 3.63) is 58.6 Å². The number of hydrogen-bond donors (Lipinski definition) is 2. The van der Waals surface area contributed by atoms with Gasteiger partial charge in [-0.25, -0.2) is 4.99 Å². The highest BCUT2D eigenvalue weighted by molar-refractivity contribution is 14.0. The highest BCUT2D eigenvalue weighted by Crippen LogP contribution is 2.24. The van der Waals surface area contributed by atoms with E-state index in [1.807, 2.05) is 43.3 Å². The molecule has 0 aliphatic rings. The molecule has 7 heteroatoms. The zero-order valence-electron chi connectivity index (χ0n) is 14.3. The minimum atomic E-state index is 0. The molecule has 0 aliphatic heterocycles. The zero-order valence-corrected chi connectivity index (χ0v) is 17.4. The maximum Gasteiger partial charge on any atom is 0.193 e. The highest BCUT2D eigenvalue weighted by atomic mass is 127. The lowest BCUT2D eigenvalue weighted by Gasteiger charge is -2.12. The maximum atomic E-state index is 6.01. The second kappa shape index (κ2) is 11.2. The molecular weight excluding hydrogens is 453 g/mol. The molecule has 136 valence electrons. The molecule has 0 aliphatic carbocycles. The lowest BCUT2D eigenvalue weighted by molar-refractivity contribution is 0.185. The molecule has 0 atom stereocenters. The van der Waals surface area contributed by atoms with Gasteiger partial charge in [0.15, 0.2) is 5.96 Å². The van der Waals surface area contributed by atoms with Gasteiger partial charge in [-0.15, -0.1) is 24.0 Å². The molecule has 2 rings (SSSR count). The van der Waals surface area contributed by atoms with E-state index in [-0.39, 0.29) is 24.0 Å². The molecule has 0 aromatic heterocycles. The summed E-state index contributed by atoms with van der Waals surface area (Å²) < 4.78 is 10.8. The Hall–Kier alpha value is -1.51. The van der Waals surface area contributed by atoms with E-state index in [1.54, 1.807) is 13.2 Å². The molecule has 0 heterocycles. The van der Waals surface area contributed by atoms with Crippen LogP contribution in [0.5, 0.6) is 5.75 Å². The van der Waals surface area contributed by atoms with Crippen LogP contribution in [0.25, 0.3) is 0 Å². The van der Waals surface area contributed by atoms with Crippen LogP contribution in [0, 0.1) is 0 Å². The zero-order chi connectivity index (χ0) is 17.4. The van der Waals surface area contributed by atoms with Crippen LogP contribution >= 0.6 is 35.6 Å². The number of para-hydroxylation sites is 1. The van der Waals surface area contributed by atoms with Crippen molar-refractivity contribution in [2.45, 2.75) is 20.1 Å². The van der Waals surface area contributed by atoms with E-state index in [0.717, 1.165) is 22.6 Å². The molecule has 3 N–H and O–H groups in total. The van der Waals surface area contributed by atoms with Crippen molar-refractivity contribution >= 4 is 47.2 Å². The van der Waals surface area contributed by atoms with E-state index in [0.29, 0.717) is 30.7 Å². The van der Waals surface area contributed by atoms with Gasteiger partial charge in [0, 0.05) is 28.9 Å². The number of guanidine groups is 1. The Morgan fingerprint density at radius 3 is 2.68 bits per heavy atom. The number of nitrogens with two attached hydrogens (primary N) is 1. The number of nitrogens with zero attached hydrogens (tertiary/aromatic N) is 1. The van der Waals surface area contributed by atoms with Gasteiger partial charge in [0.2, 0.25) is 0 Å². The van der Waals surface area contributed by atoms with Gasteiger partial charge in [-0.1, -0.05) is 35.9 Å². The Morgan fingerprint density at radius 2 is 1.96 bits per heavy atom. The van der Waals surface area contributed by atoms with Gasteiger partial charge in [-0.05, 0) is 25.1 Å². The SMILES string of the molecule is CCOc1cc(Cl)ccc1CN=C(N)Nc1ccccc1COC.I. The Balaban J connectivity index is 0.00000312. The van der Waals surface area contributed by atoms with Crippen LogP contribution in [0.4, 0.5) is 5.69 Å². The minimum absolute atomic E-state index is 0. The van der Waals surface area contributed by atoms with Gasteiger partial charge in [0.1, 0.15) is 5.75 Å². The molecule has 2 aromatic carbocycles. The number of methoxy groups -OCH3 is 1. The summed E-state index contributed by atoms with van der Waals surface area (Å²) in [5, 5.41) is 3.74. The first-order valence-corrected chi connectivity index (χ1v) is 8.06. The predicted molar refractivity (Wildman–Crippen MR) is 114 cm³/mol. The van der Waals surface area contributed by atoms with Gasteiger partial charge < -0.3 is 20.5 Å². The monoisotopic (exact) mass is 475 g/mol. The molecule has 0 spiro atoms. The third kappa shape index (κ3) is 6.72. The number of halogens is 2. The van der Waals surface area contributed by atoms with Crippen LogP contribution in [-0.4, -0.2) is 19.7 Å². The van der Waals surface area contributed by atoms with E-state index in [4.69, 9.17) is 26.8 Å². The Bertz CT molecular complexity index is 710. The summed E-state index contributed by atoms with van der Waals surface area (Å²) in [6, 6.07) is 13.3. The average molecular weight is 476 g/mol. The number of ether oxygens (including phenoxy) is 2. The number of benzene rings is 2. The van der Waals surface area contributed by atoms with Crippen LogP contribution in [0.15, 0.2) is 47.5 Å². The second-order valence-electron chi connectivity index (χ2n) is 5.10. The fraction of sp³-hybridized carbons (Fsp3) is 0.278. The summed E-state index contributed by atoms with van der Waals surface area (Å²) in [5.41, 5.74) is 8.82. The largest absolute Gasteiger partial charge is 0.493 e. The van der Waals surface area contributed by atoms with Crippen LogP contribution in [0.2, 0.25) is 5.02 Å². The first-order chi connectivity index (χ1) is 11.6. The number of aliphatic imine (C=N–C) groups is 1. The Kier molecular flexibility index (Phi) is 9.62. The summed E-state index contributed by atoms with van der Waals surface area (Å²) >= 11 is 6.01. The number of nitrogens with one attached hydrogen (secondary N) is 1. The molecule has 0 amide bonds. The molecule has 0 bridgehead atoms. The van der Waals surface area contributed by atoms with Crippen LogP contribution < -0.4 is 15.8 Å². The van der Waals surface area contributed by atoms with Crippen molar-refractivity contribution in [1.29, 1.82) is 0 Å². The minimum Gasteiger partial charge on any atom is -0.493 e. The Labute approximate surface area is 170 Å². The summed E-state index contributed by atoms with van der Waals surface area (Å²) in [4.78, 5) is 4.38. The van der Waals surface area contributed by atoms with Crippen LogP contribution in [0.3, 0.4) is 0 Å². The van der Waals surface area contributed by atoms with Gasteiger partial charge >= 0.3 is 0 Å². The summed E-state index contributed by atoms with van der Waals surface area (Å²) in [5.74, 6) is 1.05. The molecule has 0 fully saturated rings. The van der Waals surface area contributed by atoms with E-state index in [2.05, 4.69) is 10.3 Å². The topological polar surface area (TPSA) is 68.9 Å². The fourth-order valence-electron chi connectivity index (χ4n) is 2.22. The molecular formula is C18H23ClIN3O2. The summed E-state index contributed by atoms with van der Waals surface area (Å²) in [6.07, 6.45) is 0. The van der Waals surface area contributed by atoms with E-state index in [1.165, 1.54) is 0 Å². The number of anilines is 1. The molecule has 2 aromatic rings. The van der Waals surface area contributed by atoms with Crippen molar-refractivity contribution in [2.24, 2.45) is 10.7 Å². The van der Waals surface area contributed by atoms with E-state index < -0.39 is 0 Å². The van der Waals surface area contributed by atoms with Gasteiger partial charge in [0.25, 0.3) is 0 Å². The molecule has 0 unspecified atom stereocenters. The third-order valence-corrected chi connectivity index (χ3v) is 3.56. The van der Waals surface area contributed by atoms with Crippen molar-refractivity contribution in [2.75, 3.05) is 19.0 Å². The molecule has 5 nitrogen and oxygen atoms in total.